The Kier molecular flexibility index (Phi) is 3.35. The van der Waals surface area contributed by atoms with Crippen molar-refractivity contribution in [1.82, 2.24) is 4.90 Å². The number of carbonyl (C=O) groups excluding carboxylic acids is 1. The van der Waals surface area contributed by atoms with Crippen LogP contribution in [0.5, 0.6) is 0 Å². The maximum atomic E-state index is 11.8. The maximum absolute atomic E-state index is 11.8. The predicted molar refractivity (Wildman–Crippen MR) is 60.4 cm³/mol. The summed E-state index contributed by atoms with van der Waals surface area (Å²) in [7, 11) is 0. The quantitative estimate of drug-likeness (QED) is 0.748. The van der Waals surface area contributed by atoms with Crippen molar-refractivity contribution in [2.24, 2.45) is 0 Å². The average Bonchev–Trinajstić information content (AvgIpc) is 2.15. The molecule has 0 aromatic rings. The smallest absolute Gasteiger partial charge is 0.254 e. The van der Waals surface area contributed by atoms with E-state index in [1.165, 1.54) is 19.4 Å². The molecule has 1 aliphatic heterocycles. The molecule has 1 amide bonds. The monoisotopic (exact) mass is 209 g/mol. The minimum Gasteiger partial charge on any atom is -0.381 e. The molecular weight excluding hydrogens is 190 g/mol. The molecule has 0 spiro atoms. The van der Waals surface area contributed by atoms with Crippen LogP contribution in [0, 0.1) is 0 Å². The molecule has 84 valence electrons. The van der Waals surface area contributed by atoms with Crippen LogP contribution in [0.3, 0.4) is 0 Å². The largest absolute Gasteiger partial charge is 0.381 e. The van der Waals surface area contributed by atoms with Crippen LogP contribution < -0.4 is 0 Å². The van der Waals surface area contributed by atoms with Crippen molar-refractivity contribution in [1.29, 1.82) is 0 Å². The van der Waals surface area contributed by atoms with E-state index in [4.69, 9.17) is 0 Å². The van der Waals surface area contributed by atoms with Crippen LogP contribution >= 0.6 is 0 Å². The van der Waals surface area contributed by atoms with Gasteiger partial charge in [0.2, 0.25) is 0 Å². The second-order valence-corrected chi connectivity index (χ2v) is 4.55. The zero-order valence-corrected chi connectivity index (χ0v) is 9.71. The maximum Gasteiger partial charge on any atom is 0.254 e. The summed E-state index contributed by atoms with van der Waals surface area (Å²) in [6.07, 6.45) is 2.68. The molecule has 0 aromatic heterocycles. The zero-order chi connectivity index (χ0) is 11.6. The van der Waals surface area contributed by atoms with Gasteiger partial charge >= 0.3 is 0 Å². The van der Waals surface area contributed by atoms with Crippen LogP contribution in [0.2, 0.25) is 0 Å². The summed E-state index contributed by atoms with van der Waals surface area (Å²) in [5, 5.41) is 9.62. The molecule has 1 aliphatic rings. The van der Waals surface area contributed by atoms with Crippen LogP contribution in [-0.2, 0) is 4.79 Å². The Hall–Kier alpha value is -1.09. The lowest BCUT2D eigenvalue weighted by molar-refractivity contribution is -0.147. The molecule has 0 aliphatic carbocycles. The van der Waals surface area contributed by atoms with Crippen LogP contribution in [0.4, 0.5) is 0 Å². The molecule has 0 radical (unpaired) electrons. The van der Waals surface area contributed by atoms with E-state index in [1.807, 2.05) is 13.0 Å². The Balaban J connectivity index is 2.76. The van der Waals surface area contributed by atoms with E-state index < -0.39 is 5.60 Å². The summed E-state index contributed by atoms with van der Waals surface area (Å²) in [5.74, 6) is -0.204. The third kappa shape index (κ3) is 2.69. The molecular formula is C12H19NO2. The summed E-state index contributed by atoms with van der Waals surface area (Å²) in [4.78, 5) is 13.5. The Morgan fingerprint density at radius 3 is 2.60 bits per heavy atom. The number of allylic oxidation sites excluding steroid dienone is 1. The van der Waals surface area contributed by atoms with Gasteiger partial charge < -0.3 is 10.0 Å². The lowest BCUT2D eigenvalue weighted by Gasteiger charge is -2.32. The van der Waals surface area contributed by atoms with Gasteiger partial charge in [0.15, 0.2) is 0 Å². The van der Waals surface area contributed by atoms with Crippen molar-refractivity contribution in [2.75, 3.05) is 13.1 Å². The normalized spacial score (nSPS) is 18.0. The van der Waals surface area contributed by atoms with Gasteiger partial charge in [0.25, 0.3) is 5.91 Å². The number of nitrogens with zero attached hydrogens (tertiary/aromatic N) is 1. The van der Waals surface area contributed by atoms with Crippen molar-refractivity contribution in [2.45, 2.75) is 32.8 Å². The molecule has 1 N–H and O–H groups in total. The first kappa shape index (κ1) is 12.0. The van der Waals surface area contributed by atoms with E-state index >= 15 is 0 Å². The van der Waals surface area contributed by atoms with Crippen molar-refractivity contribution >= 4 is 5.91 Å². The van der Waals surface area contributed by atoms with E-state index in [0.717, 1.165) is 12.0 Å². The van der Waals surface area contributed by atoms with Crippen LogP contribution in [-0.4, -0.2) is 34.6 Å². The Bertz CT molecular complexity index is 310. The molecule has 15 heavy (non-hydrogen) atoms. The number of hydrogen-bond donors (Lipinski definition) is 1. The fraction of sp³-hybridized carbons (Fsp3) is 0.583. The third-order valence-electron chi connectivity index (χ3n) is 2.68. The number of rotatable bonds is 2. The minimum absolute atomic E-state index is 0.204. The van der Waals surface area contributed by atoms with Crippen LogP contribution in [0.1, 0.15) is 27.2 Å². The molecule has 0 atom stereocenters. The van der Waals surface area contributed by atoms with Gasteiger partial charge in [-0.05, 0) is 32.8 Å². The first-order valence-electron chi connectivity index (χ1n) is 5.19. The van der Waals surface area contributed by atoms with Crippen LogP contribution in [0.25, 0.3) is 0 Å². The summed E-state index contributed by atoms with van der Waals surface area (Å²) in [6, 6.07) is 0. The molecule has 1 heterocycles. The van der Waals surface area contributed by atoms with Crippen molar-refractivity contribution in [3.8, 4) is 0 Å². The Labute approximate surface area is 91.1 Å². The lowest BCUT2D eigenvalue weighted by atomic mass is 9.99. The number of carbonyl (C=O) groups is 1. The Morgan fingerprint density at radius 1 is 1.60 bits per heavy atom. The van der Waals surface area contributed by atoms with E-state index in [2.05, 4.69) is 6.58 Å². The van der Waals surface area contributed by atoms with Gasteiger partial charge in [0, 0.05) is 13.1 Å². The highest BCUT2D eigenvalue weighted by molar-refractivity contribution is 5.84. The minimum atomic E-state index is -1.27. The van der Waals surface area contributed by atoms with Gasteiger partial charge in [0.1, 0.15) is 5.60 Å². The van der Waals surface area contributed by atoms with Crippen molar-refractivity contribution in [3.05, 3.63) is 23.8 Å². The van der Waals surface area contributed by atoms with Gasteiger partial charge in [-0.25, -0.2) is 0 Å². The highest BCUT2D eigenvalue weighted by Gasteiger charge is 2.30. The molecule has 3 nitrogen and oxygen atoms in total. The van der Waals surface area contributed by atoms with Gasteiger partial charge in [-0.3, -0.25) is 4.79 Å². The van der Waals surface area contributed by atoms with Crippen molar-refractivity contribution in [3.63, 3.8) is 0 Å². The topological polar surface area (TPSA) is 40.5 Å². The van der Waals surface area contributed by atoms with Crippen LogP contribution in [0.15, 0.2) is 23.8 Å². The average molecular weight is 209 g/mol. The van der Waals surface area contributed by atoms with E-state index in [9.17, 15) is 9.90 Å². The molecule has 0 aromatic carbocycles. The molecule has 3 heteroatoms. The van der Waals surface area contributed by atoms with E-state index in [0.29, 0.717) is 13.1 Å². The summed E-state index contributed by atoms with van der Waals surface area (Å²) in [6.45, 7) is 10.1. The highest BCUT2D eigenvalue weighted by Crippen LogP contribution is 2.20. The number of hydrogen-bond acceptors (Lipinski definition) is 2. The van der Waals surface area contributed by atoms with E-state index in [-0.39, 0.29) is 5.91 Å². The van der Waals surface area contributed by atoms with Gasteiger partial charge in [-0.1, -0.05) is 18.2 Å². The van der Waals surface area contributed by atoms with E-state index in [1.54, 1.807) is 4.90 Å². The predicted octanol–water partition coefficient (Wildman–Crippen LogP) is 1.49. The summed E-state index contributed by atoms with van der Waals surface area (Å²) in [5.41, 5.74) is 1.11. The standard InChI is InChI=1S/C12H19NO2/c1-5-10-6-7-13(8-9(10)2)11(14)12(3,4)15/h5,15H,1,6-8H2,2-4H3. The molecule has 0 unspecified atom stereocenters. The summed E-state index contributed by atoms with van der Waals surface area (Å²) < 4.78 is 0. The van der Waals surface area contributed by atoms with Crippen molar-refractivity contribution < 1.29 is 9.90 Å². The number of aliphatic hydroxyl groups is 1. The SMILES string of the molecule is C=CC1=C(C)CN(C(=O)C(C)(C)O)CC1. The molecule has 0 saturated carbocycles. The third-order valence-corrected chi connectivity index (χ3v) is 2.68. The van der Waals surface area contributed by atoms with Gasteiger partial charge in [0.05, 0.1) is 0 Å². The highest BCUT2D eigenvalue weighted by atomic mass is 16.3. The molecule has 0 bridgehead atoms. The lowest BCUT2D eigenvalue weighted by Crippen LogP contribution is -2.47. The molecule has 0 saturated heterocycles. The first-order valence-corrected chi connectivity index (χ1v) is 5.19. The zero-order valence-electron chi connectivity index (χ0n) is 9.71. The fourth-order valence-corrected chi connectivity index (χ4v) is 1.77. The molecule has 1 rings (SSSR count). The molecule has 0 fully saturated rings. The fourth-order valence-electron chi connectivity index (χ4n) is 1.77. The van der Waals surface area contributed by atoms with Gasteiger partial charge in [-0.2, -0.15) is 0 Å². The first-order chi connectivity index (χ1) is 6.86. The summed E-state index contributed by atoms with van der Waals surface area (Å²) >= 11 is 0. The van der Waals surface area contributed by atoms with Gasteiger partial charge in [-0.15, -0.1) is 0 Å². The Morgan fingerprint density at radius 2 is 2.20 bits per heavy atom. The second-order valence-electron chi connectivity index (χ2n) is 4.55. The number of amides is 1. The second kappa shape index (κ2) is 4.19.